The third-order valence-electron chi connectivity index (χ3n) is 4.81. The molecule has 0 fully saturated rings. The smallest absolute Gasteiger partial charge is 0.247 e. The molecule has 7 heteroatoms. The van der Waals surface area contributed by atoms with E-state index in [-0.39, 0.29) is 30.7 Å². The normalized spacial score (nSPS) is 11.6. The second kappa shape index (κ2) is 10.4. The molecule has 31 heavy (non-hydrogen) atoms. The molecule has 0 aromatic heterocycles. The van der Waals surface area contributed by atoms with Gasteiger partial charge < -0.3 is 10.2 Å². The fraction of sp³-hybridized carbons (Fsp3) is 0.167. The standard InChI is InChI=1S/C24H21Cl2FN2O2/c1-16(30)29(15-17-7-11-21(27)12-8-17)23(18-5-3-2-4-6-18)24(31)28-14-19-9-10-20(25)13-22(19)26/h2-13,23H,14-15H2,1H3,(H,28,31)/t23-/m0/s1. The maximum atomic E-state index is 13.3. The number of halogens is 3. The summed E-state index contributed by atoms with van der Waals surface area (Å²) in [4.78, 5) is 27.2. The maximum Gasteiger partial charge on any atom is 0.247 e. The average Bonchev–Trinajstić information content (AvgIpc) is 2.74. The predicted molar refractivity (Wildman–Crippen MR) is 120 cm³/mol. The number of hydrogen-bond acceptors (Lipinski definition) is 2. The van der Waals surface area contributed by atoms with Crippen molar-refractivity contribution in [3.63, 3.8) is 0 Å². The van der Waals surface area contributed by atoms with Crippen LogP contribution in [-0.4, -0.2) is 16.7 Å². The van der Waals surface area contributed by atoms with Gasteiger partial charge >= 0.3 is 0 Å². The number of nitrogens with zero attached hydrogens (tertiary/aromatic N) is 1. The van der Waals surface area contributed by atoms with Crippen LogP contribution in [0, 0.1) is 5.82 Å². The van der Waals surface area contributed by atoms with E-state index < -0.39 is 6.04 Å². The Morgan fingerprint density at radius 1 is 1.00 bits per heavy atom. The molecular formula is C24H21Cl2FN2O2. The molecule has 0 radical (unpaired) electrons. The molecule has 2 amide bonds. The van der Waals surface area contributed by atoms with Crippen molar-refractivity contribution in [3.8, 4) is 0 Å². The van der Waals surface area contributed by atoms with Gasteiger partial charge in [-0.1, -0.05) is 71.7 Å². The highest BCUT2D eigenvalue weighted by molar-refractivity contribution is 6.35. The quantitative estimate of drug-likeness (QED) is 0.505. The Balaban J connectivity index is 1.87. The molecule has 1 atom stereocenters. The van der Waals surface area contributed by atoms with Gasteiger partial charge in [-0.2, -0.15) is 0 Å². The van der Waals surface area contributed by atoms with Crippen LogP contribution in [0.25, 0.3) is 0 Å². The van der Waals surface area contributed by atoms with E-state index in [0.29, 0.717) is 26.7 Å². The fourth-order valence-corrected chi connectivity index (χ4v) is 3.70. The molecule has 160 valence electrons. The van der Waals surface area contributed by atoms with Gasteiger partial charge in [0.15, 0.2) is 0 Å². The van der Waals surface area contributed by atoms with E-state index in [0.717, 1.165) is 0 Å². The first-order valence-corrected chi connectivity index (χ1v) is 10.4. The third kappa shape index (κ3) is 6.06. The fourth-order valence-electron chi connectivity index (χ4n) is 3.22. The third-order valence-corrected chi connectivity index (χ3v) is 5.40. The lowest BCUT2D eigenvalue weighted by Crippen LogP contribution is -2.42. The second-order valence-electron chi connectivity index (χ2n) is 7.04. The summed E-state index contributed by atoms with van der Waals surface area (Å²) in [7, 11) is 0. The Bertz CT molecular complexity index is 1060. The molecule has 0 saturated heterocycles. The number of nitrogens with one attached hydrogen (secondary N) is 1. The van der Waals surface area contributed by atoms with Crippen LogP contribution in [0.4, 0.5) is 4.39 Å². The van der Waals surface area contributed by atoms with Crippen LogP contribution in [-0.2, 0) is 22.7 Å². The minimum atomic E-state index is -0.866. The zero-order chi connectivity index (χ0) is 22.4. The lowest BCUT2D eigenvalue weighted by molar-refractivity contribution is -0.140. The number of benzene rings is 3. The van der Waals surface area contributed by atoms with Gasteiger partial charge in [-0.3, -0.25) is 9.59 Å². The minimum absolute atomic E-state index is 0.157. The number of carbonyl (C=O) groups excluding carboxylic acids is 2. The van der Waals surface area contributed by atoms with Crippen molar-refractivity contribution in [2.75, 3.05) is 0 Å². The highest BCUT2D eigenvalue weighted by Crippen LogP contribution is 2.25. The summed E-state index contributed by atoms with van der Waals surface area (Å²) in [5.74, 6) is -0.997. The topological polar surface area (TPSA) is 49.4 Å². The van der Waals surface area contributed by atoms with E-state index >= 15 is 0 Å². The monoisotopic (exact) mass is 458 g/mol. The van der Waals surface area contributed by atoms with Gasteiger partial charge in [-0.15, -0.1) is 0 Å². The second-order valence-corrected chi connectivity index (χ2v) is 7.88. The van der Waals surface area contributed by atoms with Crippen molar-refractivity contribution in [3.05, 3.63) is 105 Å². The largest absolute Gasteiger partial charge is 0.350 e. The average molecular weight is 459 g/mol. The van der Waals surface area contributed by atoms with Crippen molar-refractivity contribution >= 4 is 35.0 Å². The first-order valence-electron chi connectivity index (χ1n) is 9.63. The molecule has 0 aliphatic carbocycles. The molecule has 3 rings (SSSR count). The molecule has 0 unspecified atom stereocenters. The van der Waals surface area contributed by atoms with Crippen molar-refractivity contribution in [2.24, 2.45) is 0 Å². The minimum Gasteiger partial charge on any atom is -0.350 e. The van der Waals surface area contributed by atoms with Crippen molar-refractivity contribution in [2.45, 2.75) is 26.1 Å². The molecule has 0 aliphatic heterocycles. The van der Waals surface area contributed by atoms with E-state index in [1.807, 2.05) is 18.2 Å². The molecule has 0 spiro atoms. The molecule has 1 N–H and O–H groups in total. The summed E-state index contributed by atoms with van der Waals surface area (Å²) < 4.78 is 13.3. The molecule has 0 bridgehead atoms. The highest BCUT2D eigenvalue weighted by Gasteiger charge is 2.29. The molecule has 3 aromatic carbocycles. The van der Waals surface area contributed by atoms with Gasteiger partial charge in [-0.05, 0) is 41.0 Å². The van der Waals surface area contributed by atoms with Crippen LogP contribution in [0.2, 0.25) is 10.0 Å². The van der Waals surface area contributed by atoms with Gasteiger partial charge in [0.25, 0.3) is 0 Å². The summed E-state index contributed by atoms with van der Waals surface area (Å²) in [6.45, 7) is 1.74. The van der Waals surface area contributed by atoms with Gasteiger partial charge in [0.1, 0.15) is 11.9 Å². The van der Waals surface area contributed by atoms with Crippen LogP contribution in [0.5, 0.6) is 0 Å². The number of hydrogen-bond donors (Lipinski definition) is 1. The van der Waals surface area contributed by atoms with E-state index in [9.17, 15) is 14.0 Å². The van der Waals surface area contributed by atoms with E-state index in [1.54, 1.807) is 42.5 Å². The summed E-state index contributed by atoms with van der Waals surface area (Å²) in [6, 6.07) is 19.1. The Hall–Kier alpha value is -2.89. The number of carbonyl (C=O) groups is 2. The molecule has 0 saturated carbocycles. The maximum absolute atomic E-state index is 13.3. The molecule has 4 nitrogen and oxygen atoms in total. The summed E-state index contributed by atoms with van der Waals surface area (Å²) in [5.41, 5.74) is 2.09. The van der Waals surface area contributed by atoms with Gasteiger partial charge in [0.05, 0.1) is 0 Å². The zero-order valence-electron chi connectivity index (χ0n) is 16.8. The van der Waals surface area contributed by atoms with E-state index in [2.05, 4.69) is 5.32 Å². The Morgan fingerprint density at radius 2 is 1.68 bits per heavy atom. The van der Waals surface area contributed by atoms with Gasteiger partial charge in [0.2, 0.25) is 11.8 Å². The van der Waals surface area contributed by atoms with Crippen LogP contribution in [0.3, 0.4) is 0 Å². The summed E-state index contributed by atoms with van der Waals surface area (Å²) in [5, 5.41) is 3.82. The lowest BCUT2D eigenvalue weighted by Gasteiger charge is -2.30. The summed E-state index contributed by atoms with van der Waals surface area (Å²) >= 11 is 12.1. The summed E-state index contributed by atoms with van der Waals surface area (Å²) in [6.07, 6.45) is 0. The van der Waals surface area contributed by atoms with Crippen LogP contribution in [0.15, 0.2) is 72.8 Å². The Kier molecular flexibility index (Phi) is 7.66. The first-order chi connectivity index (χ1) is 14.8. The van der Waals surface area contributed by atoms with Gasteiger partial charge in [0, 0.05) is 30.1 Å². The van der Waals surface area contributed by atoms with Crippen LogP contribution < -0.4 is 5.32 Å². The molecule has 3 aromatic rings. The van der Waals surface area contributed by atoms with E-state index in [1.165, 1.54) is 24.0 Å². The van der Waals surface area contributed by atoms with Gasteiger partial charge in [-0.25, -0.2) is 4.39 Å². The molecule has 0 heterocycles. The molecular weight excluding hydrogens is 438 g/mol. The zero-order valence-corrected chi connectivity index (χ0v) is 18.3. The predicted octanol–water partition coefficient (Wildman–Crippen LogP) is 5.54. The van der Waals surface area contributed by atoms with Crippen molar-refractivity contribution in [1.29, 1.82) is 0 Å². The number of rotatable bonds is 7. The molecule has 0 aliphatic rings. The Labute approximate surface area is 190 Å². The van der Waals surface area contributed by atoms with Crippen molar-refractivity contribution in [1.82, 2.24) is 10.2 Å². The lowest BCUT2D eigenvalue weighted by atomic mass is 10.0. The SMILES string of the molecule is CC(=O)N(Cc1ccc(F)cc1)[C@H](C(=O)NCc1ccc(Cl)cc1Cl)c1ccccc1. The Morgan fingerprint density at radius 3 is 2.29 bits per heavy atom. The van der Waals surface area contributed by atoms with Crippen LogP contribution in [0.1, 0.15) is 29.7 Å². The van der Waals surface area contributed by atoms with Crippen molar-refractivity contribution < 1.29 is 14.0 Å². The highest BCUT2D eigenvalue weighted by atomic mass is 35.5. The first kappa shape index (κ1) is 22.8. The van der Waals surface area contributed by atoms with Crippen LogP contribution >= 0.6 is 23.2 Å². The number of amides is 2. The van der Waals surface area contributed by atoms with E-state index in [4.69, 9.17) is 23.2 Å².